The molecule has 0 fully saturated rings. The summed E-state index contributed by atoms with van der Waals surface area (Å²) in [5, 5.41) is 2.81. The number of likely N-dealkylation sites (N-methyl/N-ethyl adjacent to an activating group) is 1. The Bertz CT molecular complexity index is 954. The topological polar surface area (TPSA) is 77.1 Å². The molecular weight excluding hydrogens is 372 g/mol. The fourth-order valence-corrected chi connectivity index (χ4v) is 3.12. The summed E-state index contributed by atoms with van der Waals surface area (Å²) in [4.78, 5) is 26.3. The van der Waals surface area contributed by atoms with Gasteiger partial charge in [-0.15, -0.1) is 0 Å². The Hall–Kier alpha value is -3.48. The molecule has 1 heterocycles. The number of amides is 2. The van der Waals surface area contributed by atoms with Crippen LogP contribution >= 0.6 is 0 Å². The molecule has 152 valence electrons. The smallest absolute Gasteiger partial charge is 0.267 e. The number of carbonyl (C=O) groups excluding carboxylic acids is 2. The maximum absolute atomic E-state index is 12.3. The first kappa shape index (κ1) is 20.3. The zero-order valence-corrected chi connectivity index (χ0v) is 16.9. The average Bonchev–Trinajstić information content (AvgIpc) is 2.73. The molecule has 0 radical (unpaired) electrons. The second kappa shape index (κ2) is 8.68. The van der Waals surface area contributed by atoms with E-state index in [4.69, 9.17) is 14.2 Å². The number of ether oxygens (including phenoxy) is 3. The third kappa shape index (κ3) is 4.34. The number of nitrogens with one attached hydrogen (secondary N) is 1. The van der Waals surface area contributed by atoms with Gasteiger partial charge in [-0.2, -0.15) is 0 Å². The highest BCUT2D eigenvalue weighted by Gasteiger charge is 2.30. The molecule has 0 spiro atoms. The summed E-state index contributed by atoms with van der Waals surface area (Å²) in [6.45, 7) is 4.15. The van der Waals surface area contributed by atoms with E-state index in [2.05, 4.69) is 5.32 Å². The van der Waals surface area contributed by atoms with Gasteiger partial charge < -0.3 is 24.4 Å². The molecule has 0 bridgehead atoms. The highest BCUT2D eigenvalue weighted by molar-refractivity contribution is 6.04. The number of methoxy groups -OCH3 is 2. The van der Waals surface area contributed by atoms with Crippen LogP contribution in [0.15, 0.2) is 42.5 Å². The number of hydrogen-bond acceptors (Lipinski definition) is 5. The number of fused-ring (bicyclic) bond motifs is 1. The lowest BCUT2D eigenvalue weighted by Gasteiger charge is -2.32. The maximum atomic E-state index is 12.3. The molecule has 29 heavy (non-hydrogen) atoms. The summed E-state index contributed by atoms with van der Waals surface area (Å²) in [5.41, 5.74) is 2.03. The number of carbonyl (C=O) groups is 2. The van der Waals surface area contributed by atoms with Crippen LogP contribution in [0.2, 0.25) is 0 Å². The van der Waals surface area contributed by atoms with Gasteiger partial charge in [-0.1, -0.05) is 6.07 Å². The quantitative estimate of drug-likeness (QED) is 0.757. The zero-order chi connectivity index (χ0) is 21.0. The Balaban J connectivity index is 1.74. The molecule has 1 aliphatic rings. The molecule has 2 amide bonds. The van der Waals surface area contributed by atoms with Crippen molar-refractivity contribution >= 4 is 29.3 Å². The Morgan fingerprint density at radius 3 is 2.62 bits per heavy atom. The van der Waals surface area contributed by atoms with E-state index in [-0.39, 0.29) is 11.8 Å². The highest BCUT2D eigenvalue weighted by atomic mass is 16.5. The average molecular weight is 396 g/mol. The summed E-state index contributed by atoms with van der Waals surface area (Å²) in [7, 11) is 3.13. The van der Waals surface area contributed by atoms with Crippen LogP contribution in [0.4, 0.5) is 11.4 Å². The van der Waals surface area contributed by atoms with Gasteiger partial charge >= 0.3 is 0 Å². The molecule has 0 saturated carbocycles. The van der Waals surface area contributed by atoms with Crippen LogP contribution in [0.3, 0.4) is 0 Å². The summed E-state index contributed by atoms with van der Waals surface area (Å²) in [5.74, 6) is 1.44. The second-order valence-electron chi connectivity index (χ2n) is 6.46. The second-order valence-corrected chi connectivity index (χ2v) is 6.46. The number of hydrogen-bond donors (Lipinski definition) is 1. The third-order valence-corrected chi connectivity index (χ3v) is 4.59. The molecule has 1 aliphatic heterocycles. The molecule has 0 saturated heterocycles. The van der Waals surface area contributed by atoms with Crippen molar-refractivity contribution in [2.75, 3.05) is 31.0 Å². The van der Waals surface area contributed by atoms with Gasteiger partial charge in [0.15, 0.2) is 17.6 Å². The first-order valence-electron chi connectivity index (χ1n) is 9.30. The van der Waals surface area contributed by atoms with Gasteiger partial charge in [0.1, 0.15) is 5.75 Å². The Morgan fingerprint density at radius 1 is 1.17 bits per heavy atom. The monoisotopic (exact) mass is 396 g/mol. The van der Waals surface area contributed by atoms with Gasteiger partial charge in [-0.05, 0) is 55.8 Å². The van der Waals surface area contributed by atoms with E-state index in [1.165, 1.54) is 6.08 Å². The van der Waals surface area contributed by atoms with Crippen LogP contribution in [0.1, 0.15) is 19.4 Å². The Kier molecular flexibility index (Phi) is 6.07. The minimum absolute atomic E-state index is 0.100. The lowest BCUT2D eigenvalue weighted by molar-refractivity contribution is -0.125. The van der Waals surface area contributed by atoms with Gasteiger partial charge in [0.05, 0.1) is 19.9 Å². The van der Waals surface area contributed by atoms with Crippen LogP contribution in [0.5, 0.6) is 17.2 Å². The lowest BCUT2D eigenvalue weighted by Crippen LogP contribution is -2.44. The molecule has 1 unspecified atom stereocenters. The van der Waals surface area contributed by atoms with Crippen LogP contribution in [0.25, 0.3) is 6.08 Å². The van der Waals surface area contributed by atoms with Gasteiger partial charge in [0.25, 0.3) is 5.91 Å². The molecule has 7 nitrogen and oxygen atoms in total. The molecule has 2 aromatic carbocycles. The van der Waals surface area contributed by atoms with E-state index < -0.39 is 6.10 Å². The van der Waals surface area contributed by atoms with Crippen LogP contribution in [-0.4, -0.2) is 38.7 Å². The van der Waals surface area contributed by atoms with Crippen molar-refractivity contribution in [1.29, 1.82) is 0 Å². The summed E-state index contributed by atoms with van der Waals surface area (Å²) in [6, 6.07) is 10.6. The maximum Gasteiger partial charge on any atom is 0.267 e. The van der Waals surface area contributed by atoms with Crippen molar-refractivity contribution in [3.8, 4) is 17.2 Å². The first-order valence-corrected chi connectivity index (χ1v) is 9.30. The standard InChI is InChI=1S/C22H24N2O5/c1-5-24-17-13-16(8-10-18(17)29-14(2)22(24)26)23-21(25)11-7-15-6-9-19(27-3)20(12-15)28-4/h6-14H,5H2,1-4H3,(H,23,25)/b11-7+. The van der Waals surface area contributed by atoms with Crippen molar-refractivity contribution in [2.24, 2.45) is 0 Å². The predicted molar refractivity (Wildman–Crippen MR) is 112 cm³/mol. The summed E-state index contributed by atoms with van der Waals surface area (Å²) in [6.07, 6.45) is 2.59. The van der Waals surface area contributed by atoms with Crippen molar-refractivity contribution in [2.45, 2.75) is 20.0 Å². The van der Waals surface area contributed by atoms with E-state index in [0.717, 1.165) is 5.56 Å². The van der Waals surface area contributed by atoms with E-state index >= 15 is 0 Å². The molecule has 0 aromatic heterocycles. The van der Waals surface area contributed by atoms with Gasteiger partial charge in [0.2, 0.25) is 5.91 Å². The molecule has 0 aliphatic carbocycles. The third-order valence-electron chi connectivity index (χ3n) is 4.59. The van der Waals surface area contributed by atoms with E-state index in [0.29, 0.717) is 35.2 Å². The SMILES string of the molecule is CCN1C(=O)C(C)Oc2ccc(NC(=O)/C=C/c3ccc(OC)c(OC)c3)cc21. The molecule has 3 rings (SSSR count). The predicted octanol–water partition coefficient (Wildman–Crippen LogP) is 3.49. The number of anilines is 2. The van der Waals surface area contributed by atoms with E-state index in [9.17, 15) is 9.59 Å². The Morgan fingerprint density at radius 2 is 1.93 bits per heavy atom. The fraction of sp³-hybridized carbons (Fsp3) is 0.273. The largest absolute Gasteiger partial charge is 0.493 e. The Labute approximate surface area is 169 Å². The van der Waals surface area contributed by atoms with Crippen LogP contribution in [-0.2, 0) is 9.59 Å². The van der Waals surface area contributed by atoms with Gasteiger partial charge in [-0.25, -0.2) is 0 Å². The van der Waals surface area contributed by atoms with E-state index in [1.807, 2.05) is 13.0 Å². The van der Waals surface area contributed by atoms with Gasteiger partial charge in [-0.3, -0.25) is 9.59 Å². The minimum atomic E-state index is -0.521. The minimum Gasteiger partial charge on any atom is -0.493 e. The van der Waals surface area contributed by atoms with E-state index in [1.54, 1.807) is 62.5 Å². The van der Waals surface area contributed by atoms with Crippen molar-refractivity contribution in [3.05, 3.63) is 48.0 Å². The summed E-state index contributed by atoms with van der Waals surface area (Å²) < 4.78 is 16.1. The number of rotatable bonds is 6. The number of benzene rings is 2. The molecule has 7 heteroatoms. The normalized spacial score (nSPS) is 15.7. The number of nitrogens with zero attached hydrogens (tertiary/aromatic N) is 1. The summed E-state index contributed by atoms with van der Waals surface area (Å²) >= 11 is 0. The van der Waals surface area contributed by atoms with Crippen LogP contribution in [0, 0.1) is 0 Å². The lowest BCUT2D eigenvalue weighted by atomic mass is 10.1. The zero-order valence-electron chi connectivity index (χ0n) is 16.9. The highest BCUT2D eigenvalue weighted by Crippen LogP contribution is 2.36. The molecule has 1 N–H and O–H groups in total. The van der Waals surface area contributed by atoms with Crippen molar-refractivity contribution in [1.82, 2.24) is 0 Å². The van der Waals surface area contributed by atoms with Crippen molar-refractivity contribution < 1.29 is 23.8 Å². The van der Waals surface area contributed by atoms with Gasteiger partial charge in [0, 0.05) is 18.3 Å². The van der Waals surface area contributed by atoms with Crippen LogP contribution < -0.4 is 24.4 Å². The molecular formula is C22H24N2O5. The first-order chi connectivity index (χ1) is 14.0. The molecule has 1 atom stereocenters. The fourth-order valence-electron chi connectivity index (χ4n) is 3.12. The molecule has 2 aromatic rings. The van der Waals surface area contributed by atoms with Crippen molar-refractivity contribution in [3.63, 3.8) is 0 Å².